The molecule has 1 fully saturated rings. The molecule has 51 heavy (non-hydrogen) atoms. The maximum absolute atomic E-state index is 11.6. The highest BCUT2D eigenvalue weighted by molar-refractivity contribution is 5.88. The minimum atomic E-state index is -0.438. The molecule has 278 valence electrons. The molecule has 1 aliphatic carbocycles. The third kappa shape index (κ3) is 14.5. The van der Waals surface area contributed by atoms with Crippen LogP contribution in [0.2, 0.25) is 0 Å². The van der Waals surface area contributed by atoms with Crippen molar-refractivity contribution in [3.8, 4) is 23.0 Å². The molecule has 0 N–H and O–H groups in total. The summed E-state index contributed by atoms with van der Waals surface area (Å²) in [6.45, 7) is 7.22. The van der Waals surface area contributed by atoms with Crippen molar-refractivity contribution in [2.24, 2.45) is 11.8 Å². The maximum Gasteiger partial charge on any atom is 0.333 e. The van der Waals surface area contributed by atoms with Gasteiger partial charge in [0.05, 0.1) is 54.4 Å². The number of carbonyl (C=O) groups excluding carboxylic acids is 3. The predicted octanol–water partition coefficient (Wildman–Crippen LogP) is 7.02. The van der Waals surface area contributed by atoms with Crippen LogP contribution in [0.1, 0.15) is 63.0 Å². The van der Waals surface area contributed by atoms with Crippen molar-refractivity contribution in [1.29, 1.82) is 0 Å². The fourth-order valence-corrected chi connectivity index (χ4v) is 5.70. The van der Waals surface area contributed by atoms with Gasteiger partial charge >= 0.3 is 17.9 Å². The first-order valence-corrected chi connectivity index (χ1v) is 17.2. The van der Waals surface area contributed by atoms with E-state index in [9.17, 15) is 14.4 Å². The minimum Gasteiger partial charge on any atom is -0.493 e. The number of esters is 3. The van der Waals surface area contributed by atoms with Gasteiger partial charge in [0.1, 0.15) is 0 Å². The van der Waals surface area contributed by atoms with Gasteiger partial charge in [-0.15, -0.1) is 0 Å². The van der Waals surface area contributed by atoms with Crippen LogP contribution in [-0.4, -0.2) is 78.9 Å². The van der Waals surface area contributed by atoms with Crippen molar-refractivity contribution < 1.29 is 52.3 Å². The molecule has 11 nitrogen and oxygen atoms in total. The largest absolute Gasteiger partial charge is 0.493 e. The quantitative estimate of drug-likeness (QED) is 0.0575. The van der Waals surface area contributed by atoms with Gasteiger partial charge in [-0.1, -0.05) is 25.1 Å². The van der Waals surface area contributed by atoms with Crippen molar-refractivity contribution in [2.45, 2.75) is 58.0 Å². The Kier molecular flexibility index (Phi) is 17.6. The summed E-state index contributed by atoms with van der Waals surface area (Å²) in [4.78, 5) is 34.6. The molecule has 2 aromatic rings. The van der Waals surface area contributed by atoms with E-state index >= 15 is 0 Å². The van der Waals surface area contributed by atoms with Gasteiger partial charge in [0.2, 0.25) is 0 Å². The first-order chi connectivity index (χ1) is 24.6. The van der Waals surface area contributed by atoms with E-state index in [2.05, 4.69) is 16.1 Å². The molecule has 0 heterocycles. The lowest BCUT2D eigenvalue weighted by Gasteiger charge is -2.35. The van der Waals surface area contributed by atoms with Crippen LogP contribution in [0.5, 0.6) is 23.0 Å². The number of hydrogen-bond donors (Lipinski definition) is 0. The zero-order valence-corrected chi connectivity index (χ0v) is 30.5. The highest BCUT2D eigenvalue weighted by Gasteiger charge is 2.31. The highest BCUT2D eigenvalue weighted by atomic mass is 16.5. The topological polar surface area (TPSA) is 125 Å². The Morgan fingerprint density at radius 1 is 0.686 bits per heavy atom. The summed E-state index contributed by atoms with van der Waals surface area (Å²) in [5.41, 5.74) is 1.97. The van der Waals surface area contributed by atoms with E-state index in [0.717, 1.165) is 56.1 Å². The first kappa shape index (κ1) is 40.7. The molecule has 0 spiro atoms. The molecule has 3 atom stereocenters. The van der Waals surface area contributed by atoms with Crippen LogP contribution >= 0.6 is 0 Å². The van der Waals surface area contributed by atoms with E-state index in [1.54, 1.807) is 33.3 Å². The van der Waals surface area contributed by atoms with Crippen LogP contribution in [0.15, 0.2) is 60.7 Å². The number of ether oxygens (including phenoxy) is 8. The van der Waals surface area contributed by atoms with Crippen LogP contribution in [0.3, 0.4) is 0 Å². The lowest BCUT2D eigenvalue weighted by atomic mass is 9.80. The monoisotopic (exact) mass is 708 g/mol. The summed E-state index contributed by atoms with van der Waals surface area (Å²) < 4.78 is 44.7. The van der Waals surface area contributed by atoms with Gasteiger partial charge in [-0.3, -0.25) is 0 Å². The van der Waals surface area contributed by atoms with Gasteiger partial charge in [-0.25, -0.2) is 14.4 Å². The number of methoxy groups -OCH3 is 4. The van der Waals surface area contributed by atoms with Crippen LogP contribution in [0.25, 0.3) is 12.2 Å². The molecule has 0 aromatic heterocycles. The van der Waals surface area contributed by atoms with Crippen molar-refractivity contribution in [3.63, 3.8) is 0 Å². The number of carbonyl (C=O) groups is 3. The van der Waals surface area contributed by atoms with Crippen molar-refractivity contribution >= 4 is 30.1 Å². The number of hydrogen-bond acceptors (Lipinski definition) is 11. The maximum atomic E-state index is 11.6. The summed E-state index contributed by atoms with van der Waals surface area (Å²) in [6, 6.07) is 11.0. The standard InChI is InChI=1S/C40H52O11/c1-28(2)40(43)49-20-10-8-7-9-19-48-33-22-31(26-50-34-15-11-29(24-36(34)44-3)13-17-38(41)46-5)21-32(23-33)27-51-35-16-12-30(25-37(35)45-4)14-18-39(42)47-6/h11-18,24-25,31-33H,1,7-10,19-23,26-27H2,2-6H3/t31-,32+,33?. The van der Waals surface area contributed by atoms with Gasteiger partial charge in [-0.05, 0) is 105 Å². The molecule has 1 aliphatic rings. The van der Waals surface area contributed by atoms with Gasteiger partial charge < -0.3 is 37.9 Å². The van der Waals surface area contributed by atoms with E-state index in [1.807, 2.05) is 36.4 Å². The van der Waals surface area contributed by atoms with Crippen molar-refractivity contribution in [1.82, 2.24) is 0 Å². The molecule has 2 aromatic carbocycles. The molecule has 0 saturated heterocycles. The molecule has 11 heteroatoms. The summed E-state index contributed by atoms with van der Waals surface area (Å²) in [5, 5.41) is 0. The summed E-state index contributed by atoms with van der Waals surface area (Å²) in [7, 11) is 5.83. The second kappa shape index (κ2) is 22.1. The van der Waals surface area contributed by atoms with Crippen LogP contribution < -0.4 is 18.9 Å². The van der Waals surface area contributed by atoms with Gasteiger partial charge in [-0.2, -0.15) is 0 Å². The van der Waals surface area contributed by atoms with E-state index in [4.69, 9.17) is 28.4 Å². The molecule has 0 bridgehead atoms. The van der Waals surface area contributed by atoms with E-state index < -0.39 is 11.9 Å². The van der Waals surface area contributed by atoms with Crippen LogP contribution in [0.4, 0.5) is 0 Å². The summed E-state index contributed by atoms with van der Waals surface area (Å²) >= 11 is 0. The lowest BCUT2D eigenvalue weighted by molar-refractivity contribution is -0.139. The van der Waals surface area contributed by atoms with Gasteiger partial charge in [0, 0.05) is 24.3 Å². The zero-order chi connectivity index (χ0) is 37.0. The third-order valence-electron chi connectivity index (χ3n) is 8.38. The van der Waals surface area contributed by atoms with Crippen LogP contribution in [-0.2, 0) is 33.3 Å². The summed E-state index contributed by atoms with van der Waals surface area (Å²) in [5.74, 6) is 1.55. The fraction of sp³-hybridized carbons (Fsp3) is 0.475. The molecule has 1 unspecified atom stereocenters. The Bertz CT molecular complexity index is 1410. The molecule has 1 saturated carbocycles. The molecule has 0 aliphatic heterocycles. The van der Waals surface area contributed by atoms with Gasteiger partial charge in [0.25, 0.3) is 0 Å². The number of rotatable bonds is 21. The first-order valence-electron chi connectivity index (χ1n) is 17.2. The Morgan fingerprint density at radius 3 is 1.63 bits per heavy atom. The van der Waals surface area contributed by atoms with Crippen molar-refractivity contribution in [3.05, 3.63) is 71.8 Å². The summed E-state index contributed by atoms with van der Waals surface area (Å²) in [6.07, 6.45) is 12.3. The average molecular weight is 709 g/mol. The van der Waals surface area contributed by atoms with Crippen LogP contribution in [0, 0.1) is 11.8 Å². The Morgan fingerprint density at radius 2 is 1.18 bits per heavy atom. The second-order valence-electron chi connectivity index (χ2n) is 12.4. The zero-order valence-electron chi connectivity index (χ0n) is 30.5. The Labute approximate surface area is 301 Å². The van der Waals surface area contributed by atoms with Gasteiger partial charge in [0.15, 0.2) is 23.0 Å². The molecule has 0 radical (unpaired) electrons. The Hall–Kier alpha value is -4.77. The smallest absolute Gasteiger partial charge is 0.333 e. The average Bonchev–Trinajstić information content (AvgIpc) is 3.15. The minimum absolute atomic E-state index is 0.0398. The van der Waals surface area contributed by atoms with E-state index in [0.29, 0.717) is 55.0 Å². The predicted molar refractivity (Wildman–Crippen MR) is 194 cm³/mol. The number of unbranched alkanes of at least 4 members (excludes halogenated alkanes) is 3. The normalized spacial score (nSPS) is 17.2. The fourth-order valence-electron chi connectivity index (χ4n) is 5.70. The van der Waals surface area contributed by atoms with E-state index in [-0.39, 0.29) is 23.9 Å². The molecule has 3 rings (SSSR count). The Balaban J connectivity index is 1.62. The lowest BCUT2D eigenvalue weighted by Crippen LogP contribution is -2.34. The molecule has 0 amide bonds. The third-order valence-corrected chi connectivity index (χ3v) is 8.38. The SMILES string of the molecule is C=C(C)C(=O)OCCCCCCOC1C[C@@H](COc2ccc(C=CC(=O)OC)cc2OC)C[C@@H](COc2ccc(C=CC(=O)OC)cc2OC)C1. The molecular weight excluding hydrogens is 656 g/mol. The van der Waals surface area contributed by atoms with Crippen molar-refractivity contribution in [2.75, 3.05) is 54.9 Å². The second-order valence-corrected chi connectivity index (χ2v) is 12.4. The number of benzene rings is 2. The molecular formula is C40H52O11. The van der Waals surface area contributed by atoms with E-state index in [1.165, 1.54) is 26.4 Å². The highest BCUT2D eigenvalue weighted by Crippen LogP contribution is 2.36.